The molecule has 0 saturated carbocycles. The van der Waals surface area contributed by atoms with Gasteiger partial charge >= 0.3 is 11.9 Å². The lowest BCUT2D eigenvalue weighted by molar-refractivity contribution is -0.384. The van der Waals surface area contributed by atoms with Crippen LogP contribution >= 0.6 is 0 Å². The van der Waals surface area contributed by atoms with Crippen molar-refractivity contribution < 1.29 is 28.4 Å². The molecular weight excluding hydrogens is 370 g/mol. The van der Waals surface area contributed by atoms with E-state index in [1.807, 2.05) is 6.07 Å². The van der Waals surface area contributed by atoms with Crippen LogP contribution in [0.15, 0.2) is 52.9 Å². The van der Waals surface area contributed by atoms with Crippen LogP contribution in [0.4, 0.5) is 5.69 Å². The molecule has 1 heterocycles. The molecule has 0 aliphatic heterocycles. The van der Waals surface area contributed by atoms with Gasteiger partial charge in [-0.3, -0.25) is 10.1 Å². The Kier molecular flexibility index (Phi) is 5.40. The first-order chi connectivity index (χ1) is 13.5. The van der Waals surface area contributed by atoms with E-state index in [4.69, 9.17) is 9.15 Å². The molecule has 0 N–H and O–H groups in total. The number of benzene rings is 2. The standard InChI is InChI=1S/C18H13N3O7/c1-26-17(22)12-7-13(9-14(8-12)21(24)25)18(23)27-10-15-19-20-16(28-15)11-5-3-2-4-6-11/h2-9H,10H2,1H3. The predicted molar refractivity (Wildman–Crippen MR) is 93.3 cm³/mol. The van der Waals surface area contributed by atoms with E-state index in [9.17, 15) is 19.7 Å². The molecule has 0 amide bonds. The molecule has 2 aromatic carbocycles. The van der Waals surface area contributed by atoms with Gasteiger partial charge in [-0.15, -0.1) is 10.2 Å². The molecule has 10 nitrogen and oxygen atoms in total. The van der Waals surface area contributed by atoms with E-state index < -0.39 is 22.5 Å². The molecule has 0 spiro atoms. The number of rotatable bonds is 6. The number of methoxy groups -OCH3 is 1. The Morgan fingerprint density at radius 2 is 1.75 bits per heavy atom. The number of carbonyl (C=O) groups is 2. The van der Waals surface area contributed by atoms with Crippen LogP contribution in [0, 0.1) is 10.1 Å². The van der Waals surface area contributed by atoms with Crippen molar-refractivity contribution in [1.29, 1.82) is 0 Å². The van der Waals surface area contributed by atoms with Gasteiger partial charge in [0.05, 0.1) is 23.2 Å². The average molecular weight is 383 g/mol. The quantitative estimate of drug-likeness (QED) is 0.357. The van der Waals surface area contributed by atoms with Gasteiger partial charge in [-0.2, -0.15) is 0 Å². The summed E-state index contributed by atoms with van der Waals surface area (Å²) in [5, 5.41) is 18.7. The minimum atomic E-state index is -0.895. The summed E-state index contributed by atoms with van der Waals surface area (Å²) in [4.78, 5) is 34.2. The third-order valence-corrected chi connectivity index (χ3v) is 3.60. The zero-order chi connectivity index (χ0) is 20.1. The molecule has 28 heavy (non-hydrogen) atoms. The molecule has 0 fully saturated rings. The van der Waals surface area contributed by atoms with Crippen molar-refractivity contribution in [2.24, 2.45) is 0 Å². The van der Waals surface area contributed by atoms with Gasteiger partial charge in [-0.05, 0) is 18.2 Å². The van der Waals surface area contributed by atoms with Gasteiger partial charge in [0.15, 0.2) is 6.61 Å². The summed E-state index contributed by atoms with van der Waals surface area (Å²) in [6.45, 7) is -0.338. The molecule has 3 rings (SSSR count). The molecule has 0 radical (unpaired) electrons. The Bertz CT molecular complexity index is 1030. The Morgan fingerprint density at radius 3 is 2.39 bits per heavy atom. The second-order valence-electron chi connectivity index (χ2n) is 5.46. The zero-order valence-corrected chi connectivity index (χ0v) is 14.5. The molecular formula is C18H13N3O7. The summed E-state index contributed by atoms with van der Waals surface area (Å²) < 4.78 is 15.0. The lowest BCUT2D eigenvalue weighted by atomic mass is 10.1. The minimum Gasteiger partial charge on any atom is -0.465 e. The fourth-order valence-electron chi connectivity index (χ4n) is 2.29. The summed E-state index contributed by atoms with van der Waals surface area (Å²) in [5.74, 6) is -1.41. The molecule has 0 aliphatic rings. The number of nitro benzene ring substituents is 1. The van der Waals surface area contributed by atoms with E-state index >= 15 is 0 Å². The normalized spacial score (nSPS) is 10.3. The molecule has 1 aromatic heterocycles. The first-order valence-corrected chi connectivity index (χ1v) is 7.90. The fraction of sp³-hybridized carbons (Fsp3) is 0.111. The summed E-state index contributed by atoms with van der Waals surface area (Å²) in [6, 6.07) is 12.2. The number of aromatic nitrogens is 2. The van der Waals surface area contributed by atoms with Crippen LogP contribution in [0.2, 0.25) is 0 Å². The third-order valence-electron chi connectivity index (χ3n) is 3.60. The lowest BCUT2D eigenvalue weighted by Crippen LogP contribution is -2.09. The maximum absolute atomic E-state index is 12.2. The van der Waals surface area contributed by atoms with Gasteiger partial charge in [-0.1, -0.05) is 18.2 Å². The van der Waals surface area contributed by atoms with Gasteiger partial charge in [0, 0.05) is 17.7 Å². The highest BCUT2D eigenvalue weighted by molar-refractivity contribution is 5.96. The second-order valence-corrected chi connectivity index (χ2v) is 5.46. The number of hydrogen-bond donors (Lipinski definition) is 0. The van der Waals surface area contributed by atoms with Gasteiger partial charge in [-0.25, -0.2) is 9.59 Å². The Balaban J connectivity index is 1.74. The third kappa shape index (κ3) is 4.18. The topological polar surface area (TPSA) is 135 Å². The molecule has 0 atom stereocenters. The van der Waals surface area contributed by atoms with E-state index in [2.05, 4.69) is 14.9 Å². The van der Waals surface area contributed by atoms with Crippen molar-refractivity contribution in [2.45, 2.75) is 6.61 Å². The average Bonchev–Trinajstić information content (AvgIpc) is 3.20. The van der Waals surface area contributed by atoms with E-state index in [0.717, 1.165) is 25.3 Å². The number of hydrogen-bond acceptors (Lipinski definition) is 9. The first-order valence-electron chi connectivity index (χ1n) is 7.90. The van der Waals surface area contributed by atoms with Gasteiger partial charge in [0.2, 0.25) is 5.89 Å². The van der Waals surface area contributed by atoms with Crippen molar-refractivity contribution in [3.63, 3.8) is 0 Å². The Morgan fingerprint density at radius 1 is 1.07 bits per heavy atom. The van der Waals surface area contributed by atoms with E-state index in [-0.39, 0.29) is 29.5 Å². The highest BCUT2D eigenvalue weighted by atomic mass is 16.6. The molecule has 0 bridgehead atoms. The predicted octanol–water partition coefficient (Wildman–Crippen LogP) is 2.79. The molecule has 3 aromatic rings. The molecule has 142 valence electrons. The summed E-state index contributed by atoms with van der Waals surface area (Å²) in [6.07, 6.45) is 0. The van der Waals surface area contributed by atoms with Crippen molar-refractivity contribution >= 4 is 17.6 Å². The monoisotopic (exact) mass is 383 g/mol. The van der Waals surface area contributed by atoms with Gasteiger partial charge in [0.25, 0.3) is 11.6 Å². The van der Waals surface area contributed by atoms with Crippen LogP contribution in [0.25, 0.3) is 11.5 Å². The van der Waals surface area contributed by atoms with E-state index in [1.54, 1.807) is 24.3 Å². The van der Waals surface area contributed by atoms with Crippen molar-refractivity contribution in [1.82, 2.24) is 10.2 Å². The van der Waals surface area contributed by atoms with Crippen LogP contribution < -0.4 is 0 Å². The summed E-state index contributed by atoms with van der Waals surface area (Å²) in [7, 11) is 1.12. The number of esters is 2. The Hall–Kier alpha value is -4.08. The lowest BCUT2D eigenvalue weighted by Gasteiger charge is -2.05. The van der Waals surface area contributed by atoms with Gasteiger partial charge in [0.1, 0.15) is 0 Å². The Labute approximate surface area is 157 Å². The maximum Gasteiger partial charge on any atom is 0.338 e. The molecule has 0 aliphatic carbocycles. The molecule has 0 unspecified atom stereocenters. The number of non-ortho nitro benzene ring substituents is 1. The van der Waals surface area contributed by atoms with E-state index in [1.165, 1.54) is 0 Å². The van der Waals surface area contributed by atoms with Crippen LogP contribution in [-0.2, 0) is 16.1 Å². The largest absolute Gasteiger partial charge is 0.465 e. The fourth-order valence-corrected chi connectivity index (χ4v) is 2.29. The highest BCUT2D eigenvalue weighted by Gasteiger charge is 2.20. The van der Waals surface area contributed by atoms with Crippen LogP contribution in [0.5, 0.6) is 0 Å². The minimum absolute atomic E-state index is 0.0471. The van der Waals surface area contributed by atoms with Crippen molar-refractivity contribution in [3.05, 3.63) is 75.7 Å². The molecule has 0 saturated heterocycles. The van der Waals surface area contributed by atoms with Crippen LogP contribution in [-0.4, -0.2) is 34.2 Å². The number of nitrogens with zero attached hydrogens (tertiary/aromatic N) is 3. The van der Waals surface area contributed by atoms with Crippen LogP contribution in [0.3, 0.4) is 0 Å². The first kappa shape index (κ1) is 18.7. The smallest absolute Gasteiger partial charge is 0.338 e. The van der Waals surface area contributed by atoms with Crippen molar-refractivity contribution in [3.8, 4) is 11.5 Å². The number of carbonyl (C=O) groups excluding carboxylic acids is 2. The zero-order valence-electron chi connectivity index (χ0n) is 14.5. The maximum atomic E-state index is 12.2. The second kappa shape index (κ2) is 8.08. The van der Waals surface area contributed by atoms with Gasteiger partial charge < -0.3 is 13.9 Å². The SMILES string of the molecule is COC(=O)c1cc(C(=O)OCc2nnc(-c3ccccc3)o2)cc([N+](=O)[O-])c1. The highest BCUT2D eigenvalue weighted by Crippen LogP contribution is 2.20. The van der Waals surface area contributed by atoms with E-state index in [0.29, 0.717) is 5.56 Å². The number of ether oxygens (including phenoxy) is 2. The van der Waals surface area contributed by atoms with Crippen molar-refractivity contribution in [2.75, 3.05) is 7.11 Å². The summed E-state index contributed by atoms with van der Waals surface area (Å²) in [5.41, 5.74) is -0.0711. The van der Waals surface area contributed by atoms with Crippen LogP contribution in [0.1, 0.15) is 26.6 Å². The number of nitro groups is 1. The summed E-state index contributed by atoms with van der Waals surface area (Å²) >= 11 is 0. The molecule has 10 heteroatoms.